The average Bonchev–Trinajstić information content (AvgIpc) is 3.02. The van der Waals surface area contributed by atoms with E-state index in [9.17, 15) is 31.2 Å². The largest absolute Gasteiger partial charge is 0.417 e. The number of nitrogens with zero attached hydrogens (tertiary/aromatic N) is 2. The Morgan fingerprint density at radius 3 is 2.06 bits per heavy atom. The Kier molecular flexibility index (Phi) is 11.8. The number of carbonyl (C=O) groups excluding carboxylic acids is 2. The number of anilines is 1. The van der Waals surface area contributed by atoms with Crippen LogP contribution < -0.4 is 9.62 Å². The van der Waals surface area contributed by atoms with Crippen molar-refractivity contribution in [2.45, 2.75) is 56.9 Å². The maximum Gasteiger partial charge on any atom is 0.417 e. The summed E-state index contributed by atoms with van der Waals surface area (Å²) in [5.41, 5.74) is 0.359. The Morgan fingerprint density at radius 1 is 0.854 bits per heavy atom. The van der Waals surface area contributed by atoms with E-state index in [1.807, 2.05) is 0 Å². The van der Waals surface area contributed by atoms with Crippen LogP contribution in [0, 0.1) is 6.92 Å². The molecule has 4 aromatic rings. The van der Waals surface area contributed by atoms with Crippen LogP contribution in [0.2, 0.25) is 10.0 Å². The molecule has 7 nitrogen and oxygen atoms in total. The van der Waals surface area contributed by atoms with Crippen LogP contribution in [0.4, 0.5) is 18.9 Å². The van der Waals surface area contributed by atoms with Crippen molar-refractivity contribution in [2.24, 2.45) is 0 Å². The molecule has 1 unspecified atom stereocenters. The maximum absolute atomic E-state index is 14.5. The van der Waals surface area contributed by atoms with Gasteiger partial charge in [-0.1, -0.05) is 83.4 Å². The molecule has 0 aliphatic carbocycles. The van der Waals surface area contributed by atoms with Crippen molar-refractivity contribution in [3.8, 4) is 0 Å². The molecule has 0 aliphatic heterocycles. The quantitative estimate of drug-likeness (QED) is 0.163. The van der Waals surface area contributed by atoms with Crippen LogP contribution >= 0.6 is 23.2 Å². The summed E-state index contributed by atoms with van der Waals surface area (Å²) in [6.07, 6.45) is -4.84. The van der Waals surface area contributed by atoms with Gasteiger partial charge in [-0.05, 0) is 74.4 Å². The van der Waals surface area contributed by atoms with Crippen molar-refractivity contribution < 1.29 is 31.2 Å². The van der Waals surface area contributed by atoms with Gasteiger partial charge in [0.2, 0.25) is 11.8 Å². The Bertz CT molecular complexity index is 1840. The maximum atomic E-state index is 14.5. The summed E-state index contributed by atoms with van der Waals surface area (Å²) in [4.78, 5) is 29.2. The summed E-state index contributed by atoms with van der Waals surface area (Å²) in [5.74, 6) is -1.32. The fraction of sp³-hybridized carbons (Fsp3) is 0.257. The highest BCUT2D eigenvalue weighted by Crippen LogP contribution is 2.38. The van der Waals surface area contributed by atoms with Crippen molar-refractivity contribution in [3.63, 3.8) is 0 Å². The summed E-state index contributed by atoms with van der Waals surface area (Å²) >= 11 is 12.0. The number of hydrogen-bond donors (Lipinski definition) is 1. The van der Waals surface area contributed by atoms with Crippen molar-refractivity contribution >= 4 is 50.7 Å². The zero-order valence-corrected chi connectivity index (χ0v) is 28.7. The Labute approximate surface area is 288 Å². The smallest absolute Gasteiger partial charge is 0.352 e. The first-order valence-corrected chi connectivity index (χ1v) is 17.1. The van der Waals surface area contributed by atoms with Crippen molar-refractivity contribution in [2.75, 3.05) is 10.8 Å². The molecular formula is C35H34Cl2F3N3O4S. The molecule has 0 aromatic heterocycles. The van der Waals surface area contributed by atoms with E-state index in [1.165, 1.54) is 29.2 Å². The lowest BCUT2D eigenvalue weighted by atomic mass is 10.0. The number of alkyl halides is 3. The fourth-order valence-corrected chi connectivity index (χ4v) is 6.73. The standard InChI is InChI=1S/C35H34Cl2F3N3O4S/c1-23(2)41-34(45)32(19-25-7-5-4-6-8-25)42(21-26-11-13-27(36)14-12-26)33(44)22-43(48(46,47)29-16-9-24(3)10-17-29)28-15-18-31(37)30(20-28)35(38,39)40/h4-18,20,23,32H,19,21-22H2,1-3H3,(H,41,45). The van der Waals surface area contributed by atoms with Crippen LogP contribution in [0.3, 0.4) is 0 Å². The van der Waals surface area contributed by atoms with Gasteiger partial charge < -0.3 is 10.2 Å². The summed E-state index contributed by atoms with van der Waals surface area (Å²) in [7, 11) is -4.62. The van der Waals surface area contributed by atoms with E-state index in [-0.39, 0.29) is 23.9 Å². The number of nitrogens with one attached hydrogen (secondary N) is 1. The number of rotatable bonds is 12. The van der Waals surface area contributed by atoms with Gasteiger partial charge in [-0.15, -0.1) is 0 Å². The van der Waals surface area contributed by atoms with E-state index in [0.717, 1.165) is 23.3 Å². The number of benzene rings is 4. The normalized spacial score (nSPS) is 12.4. The molecule has 0 bridgehead atoms. The number of aryl methyl sites for hydroxylation is 1. The average molecular weight is 721 g/mol. The second kappa shape index (κ2) is 15.4. The lowest BCUT2D eigenvalue weighted by molar-refractivity contribution is -0.140. The minimum Gasteiger partial charge on any atom is -0.352 e. The molecule has 4 aromatic carbocycles. The van der Waals surface area contributed by atoms with Gasteiger partial charge in [-0.2, -0.15) is 13.2 Å². The zero-order valence-electron chi connectivity index (χ0n) is 26.3. The Balaban J connectivity index is 1.86. The summed E-state index contributed by atoms with van der Waals surface area (Å²) in [6.45, 7) is 4.21. The second-order valence-electron chi connectivity index (χ2n) is 11.5. The number of carbonyl (C=O) groups is 2. The van der Waals surface area contributed by atoms with Gasteiger partial charge in [0.05, 0.1) is 21.2 Å². The SMILES string of the molecule is Cc1ccc(S(=O)(=O)N(CC(=O)N(Cc2ccc(Cl)cc2)C(Cc2ccccc2)C(=O)NC(C)C)c2ccc(Cl)c(C(F)(F)F)c2)cc1. The van der Waals surface area contributed by atoms with Gasteiger partial charge in [-0.25, -0.2) is 8.42 Å². The molecule has 2 amide bonds. The topological polar surface area (TPSA) is 86.8 Å². The van der Waals surface area contributed by atoms with Crippen LogP contribution in [0.1, 0.15) is 36.1 Å². The van der Waals surface area contributed by atoms with Crippen LogP contribution in [0.15, 0.2) is 102 Å². The molecule has 48 heavy (non-hydrogen) atoms. The van der Waals surface area contributed by atoms with Crippen molar-refractivity contribution in [3.05, 3.63) is 129 Å². The van der Waals surface area contributed by atoms with Crippen LogP contribution in [-0.2, 0) is 38.8 Å². The highest BCUT2D eigenvalue weighted by atomic mass is 35.5. The molecular weight excluding hydrogens is 686 g/mol. The predicted octanol–water partition coefficient (Wildman–Crippen LogP) is 7.68. The lowest BCUT2D eigenvalue weighted by Gasteiger charge is -2.34. The molecule has 0 saturated carbocycles. The van der Waals surface area contributed by atoms with Crippen molar-refractivity contribution in [1.82, 2.24) is 10.2 Å². The van der Waals surface area contributed by atoms with Gasteiger partial charge in [0.15, 0.2) is 0 Å². The first-order chi connectivity index (χ1) is 22.6. The lowest BCUT2D eigenvalue weighted by Crippen LogP contribution is -2.54. The molecule has 13 heteroatoms. The number of halogens is 5. The second-order valence-corrected chi connectivity index (χ2v) is 14.2. The minimum atomic E-state index is -4.91. The van der Waals surface area contributed by atoms with Crippen LogP contribution in [-0.4, -0.2) is 43.8 Å². The van der Waals surface area contributed by atoms with E-state index in [4.69, 9.17) is 23.2 Å². The van der Waals surface area contributed by atoms with Crippen LogP contribution in [0.25, 0.3) is 0 Å². The summed E-state index contributed by atoms with van der Waals surface area (Å²) in [5, 5.41) is 2.65. The Morgan fingerprint density at radius 2 is 1.48 bits per heavy atom. The molecule has 0 radical (unpaired) electrons. The van der Waals surface area contributed by atoms with Gasteiger partial charge in [0.25, 0.3) is 10.0 Å². The molecule has 1 atom stereocenters. The minimum absolute atomic E-state index is 0.0720. The molecule has 1 N–H and O–H groups in total. The zero-order chi connectivity index (χ0) is 35.2. The molecule has 0 heterocycles. The van der Waals surface area contributed by atoms with Gasteiger partial charge in [0, 0.05) is 24.0 Å². The monoisotopic (exact) mass is 719 g/mol. The summed E-state index contributed by atoms with van der Waals surface area (Å²) in [6, 6.07) is 22.4. The number of hydrogen-bond acceptors (Lipinski definition) is 4. The molecule has 0 spiro atoms. The van der Waals surface area contributed by atoms with E-state index in [2.05, 4.69) is 5.32 Å². The molecule has 254 valence electrons. The molecule has 0 fully saturated rings. The van der Waals surface area contributed by atoms with E-state index in [1.54, 1.807) is 75.4 Å². The van der Waals surface area contributed by atoms with E-state index >= 15 is 0 Å². The molecule has 0 aliphatic rings. The first-order valence-electron chi connectivity index (χ1n) is 14.9. The van der Waals surface area contributed by atoms with Crippen LogP contribution in [0.5, 0.6) is 0 Å². The number of sulfonamides is 1. The third-order valence-electron chi connectivity index (χ3n) is 7.40. The molecule has 0 saturated heterocycles. The highest BCUT2D eigenvalue weighted by molar-refractivity contribution is 7.92. The number of amides is 2. The highest BCUT2D eigenvalue weighted by Gasteiger charge is 2.37. The van der Waals surface area contributed by atoms with Crippen molar-refractivity contribution in [1.29, 1.82) is 0 Å². The van der Waals surface area contributed by atoms with Gasteiger partial charge in [-0.3, -0.25) is 13.9 Å². The third-order valence-corrected chi connectivity index (χ3v) is 9.77. The summed E-state index contributed by atoms with van der Waals surface area (Å²) < 4.78 is 70.7. The predicted molar refractivity (Wildman–Crippen MR) is 181 cm³/mol. The fourth-order valence-electron chi connectivity index (χ4n) is 4.97. The third kappa shape index (κ3) is 9.30. The first kappa shape index (κ1) is 36.8. The van der Waals surface area contributed by atoms with E-state index in [0.29, 0.717) is 21.0 Å². The Hall–Kier alpha value is -4.06. The van der Waals surface area contributed by atoms with Gasteiger partial charge in [0.1, 0.15) is 12.6 Å². The molecule has 4 rings (SSSR count). The van der Waals surface area contributed by atoms with Gasteiger partial charge >= 0.3 is 6.18 Å². The van der Waals surface area contributed by atoms with E-state index < -0.39 is 56.9 Å².